The number of nitrogens with zero attached hydrogens (tertiary/aromatic N) is 3. The standard InChI is InChI=1S/C13H14N4/c14-7-9-15-13(5-1-6-13)11-2-3-12-4-8-16-17(12)10-11/h2-4,8,10,15H,1,5-6,9H2. The molecule has 4 heteroatoms. The molecule has 0 spiro atoms. The van der Waals surface area contributed by atoms with Crippen molar-refractivity contribution in [2.24, 2.45) is 0 Å². The van der Waals surface area contributed by atoms with Crippen LogP contribution in [-0.4, -0.2) is 16.2 Å². The van der Waals surface area contributed by atoms with Gasteiger partial charge in [0.2, 0.25) is 0 Å². The van der Waals surface area contributed by atoms with Crippen LogP contribution in [0.15, 0.2) is 30.6 Å². The molecular formula is C13H14N4. The first-order valence-corrected chi connectivity index (χ1v) is 5.90. The zero-order valence-corrected chi connectivity index (χ0v) is 9.56. The fourth-order valence-corrected chi connectivity index (χ4v) is 2.50. The normalized spacial score (nSPS) is 17.6. The van der Waals surface area contributed by atoms with E-state index >= 15 is 0 Å². The Balaban J connectivity index is 1.98. The Morgan fingerprint density at radius 2 is 2.29 bits per heavy atom. The molecule has 0 unspecified atom stereocenters. The predicted octanol–water partition coefficient (Wildman–Crippen LogP) is 1.83. The van der Waals surface area contributed by atoms with E-state index in [0.717, 1.165) is 18.4 Å². The van der Waals surface area contributed by atoms with E-state index in [0.29, 0.717) is 6.54 Å². The van der Waals surface area contributed by atoms with Crippen molar-refractivity contribution in [2.45, 2.75) is 24.8 Å². The van der Waals surface area contributed by atoms with Gasteiger partial charge in [0, 0.05) is 17.9 Å². The molecule has 17 heavy (non-hydrogen) atoms. The summed E-state index contributed by atoms with van der Waals surface area (Å²) in [5, 5.41) is 16.3. The largest absolute Gasteiger partial charge is 0.295 e. The van der Waals surface area contributed by atoms with E-state index < -0.39 is 0 Å². The molecule has 0 aromatic carbocycles. The highest BCUT2D eigenvalue weighted by Gasteiger charge is 2.38. The second-order valence-electron chi connectivity index (χ2n) is 4.57. The van der Waals surface area contributed by atoms with Crippen molar-refractivity contribution in [1.29, 1.82) is 5.26 Å². The van der Waals surface area contributed by atoms with Crippen LogP contribution >= 0.6 is 0 Å². The maximum Gasteiger partial charge on any atom is 0.0847 e. The van der Waals surface area contributed by atoms with Gasteiger partial charge < -0.3 is 0 Å². The van der Waals surface area contributed by atoms with E-state index in [1.165, 1.54) is 12.0 Å². The molecular weight excluding hydrogens is 212 g/mol. The third-order valence-electron chi connectivity index (χ3n) is 3.66. The quantitative estimate of drug-likeness (QED) is 0.812. The summed E-state index contributed by atoms with van der Waals surface area (Å²) < 4.78 is 1.89. The minimum Gasteiger partial charge on any atom is -0.295 e. The van der Waals surface area contributed by atoms with E-state index in [1.807, 2.05) is 10.6 Å². The molecule has 3 rings (SSSR count). The number of pyridine rings is 1. The Bertz CT molecular complexity index is 574. The van der Waals surface area contributed by atoms with Crippen molar-refractivity contribution in [3.8, 4) is 6.07 Å². The highest BCUT2D eigenvalue weighted by Crippen LogP contribution is 2.41. The van der Waals surface area contributed by atoms with Gasteiger partial charge in [-0.1, -0.05) is 6.07 Å². The minimum atomic E-state index is -0.00410. The summed E-state index contributed by atoms with van der Waals surface area (Å²) in [6.45, 7) is 0.400. The van der Waals surface area contributed by atoms with E-state index in [4.69, 9.17) is 5.26 Å². The maximum absolute atomic E-state index is 8.70. The van der Waals surface area contributed by atoms with E-state index in [1.54, 1.807) is 6.20 Å². The first-order valence-electron chi connectivity index (χ1n) is 5.90. The topological polar surface area (TPSA) is 53.1 Å². The van der Waals surface area contributed by atoms with Gasteiger partial charge in [-0.2, -0.15) is 10.4 Å². The van der Waals surface area contributed by atoms with Crippen LogP contribution < -0.4 is 5.32 Å². The number of nitrogens with one attached hydrogen (secondary N) is 1. The van der Waals surface area contributed by atoms with Gasteiger partial charge in [0.15, 0.2) is 0 Å². The SMILES string of the molecule is N#CCNC1(c2ccc3ccnn3c2)CCC1. The Kier molecular flexibility index (Phi) is 2.34. The summed E-state index contributed by atoms with van der Waals surface area (Å²) >= 11 is 0. The summed E-state index contributed by atoms with van der Waals surface area (Å²) in [5.74, 6) is 0. The van der Waals surface area contributed by atoms with Crippen molar-refractivity contribution >= 4 is 5.52 Å². The van der Waals surface area contributed by atoms with Crippen LogP contribution in [0.5, 0.6) is 0 Å². The van der Waals surface area contributed by atoms with Crippen LogP contribution in [0.4, 0.5) is 0 Å². The second kappa shape index (κ2) is 3.86. The molecule has 0 aliphatic heterocycles. The number of nitriles is 1. The van der Waals surface area contributed by atoms with Crippen LogP contribution in [0.3, 0.4) is 0 Å². The average Bonchev–Trinajstić information content (AvgIpc) is 2.75. The van der Waals surface area contributed by atoms with E-state index in [-0.39, 0.29) is 5.54 Å². The summed E-state index contributed by atoms with van der Waals surface area (Å²) in [6.07, 6.45) is 7.28. The maximum atomic E-state index is 8.70. The first-order chi connectivity index (χ1) is 8.34. The molecule has 0 bridgehead atoms. The van der Waals surface area contributed by atoms with Gasteiger partial charge in [-0.25, -0.2) is 4.52 Å². The van der Waals surface area contributed by atoms with Crippen LogP contribution in [0, 0.1) is 11.3 Å². The number of aromatic nitrogens is 2. The van der Waals surface area contributed by atoms with Gasteiger partial charge in [0.25, 0.3) is 0 Å². The fourth-order valence-electron chi connectivity index (χ4n) is 2.50. The second-order valence-corrected chi connectivity index (χ2v) is 4.57. The molecule has 1 aliphatic carbocycles. The minimum absolute atomic E-state index is 0.00410. The van der Waals surface area contributed by atoms with Crippen LogP contribution in [0.1, 0.15) is 24.8 Å². The Labute approximate surface area is 99.9 Å². The summed E-state index contributed by atoms with van der Waals surface area (Å²) in [7, 11) is 0. The molecule has 0 radical (unpaired) electrons. The smallest absolute Gasteiger partial charge is 0.0847 e. The lowest BCUT2D eigenvalue weighted by Crippen LogP contribution is -2.48. The number of fused-ring (bicyclic) bond motifs is 1. The molecule has 0 amide bonds. The Morgan fingerprint density at radius 1 is 1.41 bits per heavy atom. The predicted molar refractivity (Wildman–Crippen MR) is 64.3 cm³/mol. The zero-order chi connectivity index (χ0) is 11.7. The molecule has 0 saturated heterocycles. The zero-order valence-electron chi connectivity index (χ0n) is 9.56. The molecule has 1 aliphatic rings. The summed E-state index contributed by atoms with van der Waals surface area (Å²) in [4.78, 5) is 0. The molecule has 2 heterocycles. The van der Waals surface area contributed by atoms with Crippen molar-refractivity contribution < 1.29 is 0 Å². The molecule has 2 aromatic heterocycles. The fraction of sp³-hybridized carbons (Fsp3) is 0.385. The third kappa shape index (κ3) is 1.60. The van der Waals surface area contributed by atoms with Crippen LogP contribution in [0.2, 0.25) is 0 Å². The summed E-state index contributed by atoms with van der Waals surface area (Å²) in [6, 6.07) is 8.37. The van der Waals surface area contributed by atoms with Gasteiger partial charge in [0.1, 0.15) is 0 Å². The molecule has 86 valence electrons. The molecule has 2 aromatic rings. The van der Waals surface area contributed by atoms with Crippen molar-refractivity contribution in [3.05, 3.63) is 36.2 Å². The highest BCUT2D eigenvalue weighted by atomic mass is 15.2. The Hall–Kier alpha value is -1.86. The monoisotopic (exact) mass is 226 g/mol. The lowest BCUT2D eigenvalue weighted by Gasteiger charge is -2.42. The van der Waals surface area contributed by atoms with Crippen LogP contribution in [-0.2, 0) is 5.54 Å². The first kappa shape index (κ1) is 10.3. The Morgan fingerprint density at radius 3 is 3.00 bits per heavy atom. The summed E-state index contributed by atoms with van der Waals surface area (Å²) in [5.41, 5.74) is 2.33. The van der Waals surface area contributed by atoms with Gasteiger partial charge >= 0.3 is 0 Å². The van der Waals surface area contributed by atoms with Gasteiger partial charge in [-0.15, -0.1) is 0 Å². The number of hydrogen-bond donors (Lipinski definition) is 1. The van der Waals surface area contributed by atoms with Crippen LogP contribution in [0.25, 0.3) is 5.52 Å². The highest BCUT2D eigenvalue weighted by molar-refractivity contribution is 5.47. The van der Waals surface area contributed by atoms with Gasteiger partial charge in [-0.3, -0.25) is 5.32 Å². The third-order valence-corrected chi connectivity index (χ3v) is 3.66. The van der Waals surface area contributed by atoms with Crippen molar-refractivity contribution in [3.63, 3.8) is 0 Å². The molecule has 1 fully saturated rings. The van der Waals surface area contributed by atoms with E-state index in [9.17, 15) is 0 Å². The van der Waals surface area contributed by atoms with Gasteiger partial charge in [-0.05, 0) is 37.0 Å². The van der Waals surface area contributed by atoms with Gasteiger partial charge in [0.05, 0.1) is 18.1 Å². The lowest BCUT2D eigenvalue weighted by atomic mass is 9.72. The number of hydrogen-bond acceptors (Lipinski definition) is 3. The molecule has 0 atom stereocenters. The lowest BCUT2D eigenvalue weighted by molar-refractivity contribution is 0.193. The van der Waals surface area contributed by atoms with Crippen molar-refractivity contribution in [1.82, 2.24) is 14.9 Å². The molecule has 4 nitrogen and oxygen atoms in total. The number of rotatable bonds is 3. The molecule has 1 saturated carbocycles. The molecule has 1 N–H and O–H groups in total. The van der Waals surface area contributed by atoms with E-state index in [2.05, 4.69) is 34.8 Å². The average molecular weight is 226 g/mol. The van der Waals surface area contributed by atoms with Crippen molar-refractivity contribution in [2.75, 3.05) is 6.54 Å².